The summed E-state index contributed by atoms with van der Waals surface area (Å²) in [6.45, 7) is 2.84. The second kappa shape index (κ2) is 9.13. The Bertz CT molecular complexity index is 1190. The van der Waals surface area contributed by atoms with E-state index >= 15 is 0 Å². The highest BCUT2D eigenvalue weighted by molar-refractivity contribution is 7.89. The quantitative estimate of drug-likeness (QED) is 0.592. The Hall–Kier alpha value is -3.17. The Kier molecular flexibility index (Phi) is 6.29. The number of hydrogen-bond acceptors (Lipinski definition) is 5. The molecule has 1 saturated heterocycles. The number of methoxy groups -OCH3 is 1. The highest BCUT2D eigenvalue weighted by Crippen LogP contribution is 2.30. The highest BCUT2D eigenvalue weighted by atomic mass is 32.2. The first-order valence-electron chi connectivity index (χ1n) is 10.5. The summed E-state index contributed by atoms with van der Waals surface area (Å²) in [5, 5.41) is 2.95. The van der Waals surface area contributed by atoms with Gasteiger partial charge in [0.25, 0.3) is 5.91 Å². The predicted octanol–water partition coefficient (Wildman–Crippen LogP) is 3.16. The zero-order valence-electron chi connectivity index (χ0n) is 18.1. The molecule has 32 heavy (non-hydrogen) atoms. The van der Waals surface area contributed by atoms with Gasteiger partial charge in [0.05, 0.1) is 19.5 Å². The van der Waals surface area contributed by atoms with Crippen LogP contribution < -0.4 is 10.1 Å². The van der Waals surface area contributed by atoms with Crippen molar-refractivity contribution in [2.45, 2.75) is 30.7 Å². The minimum Gasteiger partial charge on any atom is -0.495 e. The summed E-state index contributed by atoms with van der Waals surface area (Å²) in [6.07, 6.45) is 6.96. The molecule has 0 bridgehead atoms. The van der Waals surface area contributed by atoms with Crippen LogP contribution in [0.1, 0.15) is 41.7 Å². The maximum Gasteiger partial charge on any atom is 0.251 e. The van der Waals surface area contributed by atoms with Crippen molar-refractivity contribution in [2.24, 2.45) is 0 Å². The third-order valence-corrected chi connectivity index (χ3v) is 7.57. The number of nitrogens with one attached hydrogen (secondary N) is 1. The average molecular weight is 455 g/mol. The molecule has 0 saturated carbocycles. The minimum absolute atomic E-state index is 0.0203. The number of ether oxygens (including phenoxy) is 1. The van der Waals surface area contributed by atoms with Crippen LogP contribution in [0.3, 0.4) is 0 Å². The smallest absolute Gasteiger partial charge is 0.251 e. The Morgan fingerprint density at radius 3 is 2.47 bits per heavy atom. The van der Waals surface area contributed by atoms with E-state index < -0.39 is 10.0 Å². The lowest BCUT2D eigenvalue weighted by Gasteiger charge is -2.19. The van der Waals surface area contributed by atoms with Crippen molar-refractivity contribution >= 4 is 15.9 Å². The van der Waals surface area contributed by atoms with Crippen LogP contribution in [0.25, 0.3) is 5.69 Å². The molecule has 168 valence electrons. The summed E-state index contributed by atoms with van der Waals surface area (Å²) in [6, 6.07) is 12.0. The molecule has 1 fully saturated rings. The molecule has 4 rings (SSSR count). The minimum atomic E-state index is -3.72. The lowest BCUT2D eigenvalue weighted by molar-refractivity contribution is 0.0939. The fraction of sp³-hybridized carbons (Fsp3) is 0.304. The standard InChI is InChI=1S/C23H26N4O4S/c1-17(18-5-8-20(9-6-18)26-14-11-24-16-26)25-23(28)19-7-10-21(31-2)22(15-19)32(29,30)27-12-3-4-13-27/h5-11,14-17H,3-4,12-13H2,1-2H3,(H,25,28). The first-order chi connectivity index (χ1) is 15.4. The van der Waals surface area contributed by atoms with Gasteiger partial charge in [-0.3, -0.25) is 4.79 Å². The van der Waals surface area contributed by atoms with E-state index in [4.69, 9.17) is 4.74 Å². The fourth-order valence-corrected chi connectivity index (χ4v) is 5.50. The molecule has 1 unspecified atom stereocenters. The maximum absolute atomic E-state index is 13.1. The van der Waals surface area contributed by atoms with Crippen LogP contribution >= 0.6 is 0 Å². The topological polar surface area (TPSA) is 93.5 Å². The van der Waals surface area contributed by atoms with Gasteiger partial charge in [-0.1, -0.05) is 12.1 Å². The third-order valence-electron chi connectivity index (χ3n) is 5.65. The summed E-state index contributed by atoms with van der Waals surface area (Å²) < 4.78 is 34.8. The van der Waals surface area contributed by atoms with Crippen LogP contribution in [0.15, 0.2) is 66.1 Å². The van der Waals surface area contributed by atoms with Gasteiger partial charge in [-0.25, -0.2) is 13.4 Å². The van der Waals surface area contributed by atoms with Crippen LogP contribution in [0.4, 0.5) is 0 Å². The number of carbonyl (C=O) groups is 1. The molecule has 2 heterocycles. The largest absolute Gasteiger partial charge is 0.495 e. The molecule has 9 heteroatoms. The summed E-state index contributed by atoms with van der Waals surface area (Å²) >= 11 is 0. The number of benzene rings is 2. The Balaban J connectivity index is 1.53. The van der Waals surface area contributed by atoms with Crippen LogP contribution in [-0.4, -0.2) is 48.4 Å². The second-order valence-electron chi connectivity index (χ2n) is 7.73. The van der Waals surface area contributed by atoms with Gasteiger partial charge in [0.1, 0.15) is 10.6 Å². The van der Waals surface area contributed by atoms with Gasteiger partial charge in [0.15, 0.2) is 0 Å². The molecule has 1 N–H and O–H groups in total. The number of carbonyl (C=O) groups excluding carboxylic acids is 1. The van der Waals surface area contributed by atoms with E-state index in [1.165, 1.54) is 23.5 Å². The van der Waals surface area contributed by atoms with E-state index in [1.807, 2.05) is 42.0 Å². The zero-order chi connectivity index (χ0) is 22.7. The number of hydrogen-bond donors (Lipinski definition) is 1. The van der Waals surface area contributed by atoms with Crippen LogP contribution in [0.5, 0.6) is 5.75 Å². The van der Waals surface area contributed by atoms with Crippen molar-refractivity contribution in [3.63, 3.8) is 0 Å². The third kappa shape index (κ3) is 4.39. The Labute approximate surface area is 187 Å². The van der Waals surface area contributed by atoms with Gasteiger partial charge in [-0.15, -0.1) is 0 Å². The molecule has 0 aliphatic carbocycles. The van der Waals surface area contributed by atoms with Gasteiger partial charge in [-0.2, -0.15) is 4.31 Å². The molecule has 8 nitrogen and oxygen atoms in total. The molecular formula is C23H26N4O4S. The zero-order valence-corrected chi connectivity index (χ0v) is 18.9. The maximum atomic E-state index is 13.1. The van der Waals surface area contributed by atoms with Crippen LogP contribution in [0.2, 0.25) is 0 Å². The molecule has 1 amide bonds. The molecule has 3 aromatic rings. The van der Waals surface area contributed by atoms with Crippen molar-refractivity contribution in [3.05, 3.63) is 72.3 Å². The van der Waals surface area contributed by atoms with Crippen molar-refractivity contribution in [1.29, 1.82) is 0 Å². The highest BCUT2D eigenvalue weighted by Gasteiger charge is 2.30. The molecule has 0 spiro atoms. The number of nitrogens with zero attached hydrogens (tertiary/aromatic N) is 3. The summed E-state index contributed by atoms with van der Waals surface area (Å²) in [5.74, 6) is -0.117. The van der Waals surface area contributed by atoms with Crippen molar-refractivity contribution in [3.8, 4) is 11.4 Å². The van der Waals surface area contributed by atoms with E-state index in [1.54, 1.807) is 18.6 Å². The molecule has 1 aliphatic heterocycles. The molecule has 0 radical (unpaired) electrons. The normalized spacial score (nSPS) is 15.4. The SMILES string of the molecule is COc1ccc(C(=O)NC(C)c2ccc(-n3ccnc3)cc2)cc1S(=O)(=O)N1CCCC1. The van der Waals surface area contributed by atoms with Crippen LogP contribution in [0, 0.1) is 0 Å². The summed E-state index contributed by atoms with van der Waals surface area (Å²) in [5.41, 5.74) is 2.17. The lowest BCUT2D eigenvalue weighted by Crippen LogP contribution is -2.29. The van der Waals surface area contributed by atoms with Crippen LogP contribution in [-0.2, 0) is 10.0 Å². The summed E-state index contributed by atoms with van der Waals surface area (Å²) in [7, 11) is -2.30. The number of aromatic nitrogens is 2. The first kappa shape index (κ1) is 22.0. The van der Waals surface area contributed by atoms with E-state index in [2.05, 4.69) is 10.3 Å². The van der Waals surface area contributed by atoms with E-state index in [0.29, 0.717) is 13.1 Å². The molecule has 1 atom stereocenters. The number of imidazole rings is 1. The van der Waals surface area contributed by atoms with Gasteiger partial charge in [0.2, 0.25) is 10.0 Å². The number of sulfonamides is 1. The number of rotatable bonds is 7. The molecule has 1 aromatic heterocycles. The first-order valence-corrected chi connectivity index (χ1v) is 11.9. The second-order valence-corrected chi connectivity index (χ2v) is 9.64. The molecular weight excluding hydrogens is 428 g/mol. The van der Waals surface area contributed by atoms with Gasteiger partial charge in [0, 0.05) is 36.7 Å². The van der Waals surface area contributed by atoms with E-state index in [9.17, 15) is 13.2 Å². The number of amides is 1. The van der Waals surface area contributed by atoms with Gasteiger partial charge in [-0.05, 0) is 55.7 Å². The fourth-order valence-electron chi connectivity index (χ4n) is 3.80. The lowest BCUT2D eigenvalue weighted by atomic mass is 10.1. The molecule has 1 aliphatic rings. The van der Waals surface area contributed by atoms with Crippen molar-refractivity contribution < 1.29 is 17.9 Å². The Morgan fingerprint density at radius 1 is 1.12 bits per heavy atom. The predicted molar refractivity (Wildman–Crippen MR) is 120 cm³/mol. The monoisotopic (exact) mass is 454 g/mol. The molecule has 2 aromatic carbocycles. The van der Waals surface area contributed by atoms with E-state index in [0.717, 1.165) is 24.1 Å². The van der Waals surface area contributed by atoms with Gasteiger partial charge >= 0.3 is 0 Å². The summed E-state index contributed by atoms with van der Waals surface area (Å²) in [4.78, 5) is 17.0. The van der Waals surface area contributed by atoms with Gasteiger partial charge < -0.3 is 14.6 Å². The average Bonchev–Trinajstić information content (AvgIpc) is 3.53. The Morgan fingerprint density at radius 2 is 1.84 bits per heavy atom. The van der Waals surface area contributed by atoms with Crippen molar-refractivity contribution in [1.82, 2.24) is 19.2 Å². The van der Waals surface area contributed by atoms with E-state index in [-0.39, 0.29) is 28.2 Å². The van der Waals surface area contributed by atoms with Crippen molar-refractivity contribution in [2.75, 3.05) is 20.2 Å².